The van der Waals surface area contributed by atoms with Gasteiger partial charge in [0.15, 0.2) is 0 Å². The first-order chi connectivity index (χ1) is 11.9. The van der Waals surface area contributed by atoms with Crippen LogP contribution in [0.3, 0.4) is 0 Å². The molecule has 0 aromatic heterocycles. The second-order valence-corrected chi connectivity index (χ2v) is 6.00. The van der Waals surface area contributed by atoms with Crippen LogP contribution in [0.15, 0.2) is 42.5 Å². The molecule has 0 aliphatic rings. The standard InChI is InChI=1S/C18H17ClF2N2O2/c1-11(8-14-15(20)6-3-7-16(14)21)23-17(24)10-22-18(25)12-4-2-5-13(19)9-12/h2-7,9,11H,8,10H2,1H3,(H,22,25)(H,23,24). The lowest BCUT2D eigenvalue weighted by Gasteiger charge is -2.15. The number of hydrogen-bond acceptors (Lipinski definition) is 2. The summed E-state index contributed by atoms with van der Waals surface area (Å²) in [7, 11) is 0. The van der Waals surface area contributed by atoms with E-state index < -0.39 is 29.5 Å². The Morgan fingerprint density at radius 1 is 1.12 bits per heavy atom. The molecule has 0 aliphatic carbocycles. The van der Waals surface area contributed by atoms with Crippen LogP contribution in [-0.4, -0.2) is 24.4 Å². The molecule has 1 unspecified atom stereocenters. The summed E-state index contributed by atoms with van der Waals surface area (Å²) in [6.45, 7) is 1.37. The van der Waals surface area contributed by atoms with E-state index >= 15 is 0 Å². The Kier molecular flexibility index (Phi) is 6.47. The molecule has 0 saturated heterocycles. The number of benzene rings is 2. The van der Waals surface area contributed by atoms with Crippen LogP contribution in [-0.2, 0) is 11.2 Å². The SMILES string of the molecule is CC(Cc1c(F)cccc1F)NC(=O)CNC(=O)c1cccc(Cl)c1. The van der Waals surface area contributed by atoms with Gasteiger partial charge in [0.25, 0.3) is 5.91 Å². The van der Waals surface area contributed by atoms with Gasteiger partial charge in [0.05, 0.1) is 6.54 Å². The Balaban J connectivity index is 1.84. The van der Waals surface area contributed by atoms with Crippen LogP contribution in [0.25, 0.3) is 0 Å². The van der Waals surface area contributed by atoms with Gasteiger partial charge in [0.1, 0.15) is 11.6 Å². The first-order valence-corrected chi connectivity index (χ1v) is 8.00. The summed E-state index contributed by atoms with van der Waals surface area (Å²) in [5.74, 6) is -2.21. The van der Waals surface area contributed by atoms with E-state index in [9.17, 15) is 18.4 Å². The van der Waals surface area contributed by atoms with E-state index in [0.29, 0.717) is 10.6 Å². The Morgan fingerprint density at radius 3 is 2.40 bits per heavy atom. The van der Waals surface area contributed by atoms with Crippen LogP contribution in [0.2, 0.25) is 5.02 Å². The molecule has 7 heteroatoms. The van der Waals surface area contributed by atoms with E-state index in [2.05, 4.69) is 10.6 Å². The number of halogens is 3. The van der Waals surface area contributed by atoms with Crippen LogP contribution < -0.4 is 10.6 Å². The average Bonchev–Trinajstić information content (AvgIpc) is 2.56. The molecule has 0 saturated carbocycles. The first-order valence-electron chi connectivity index (χ1n) is 7.63. The van der Waals surface area contributed by atoms with E-state index in [1.807, 2.05) is 0 Å². The van der Waals surface area contributed by atoms with Gasteiger partial charge in [0, 0.05) is 22.2 Å². The van der Waals surface area contributed by atoms with Gasteiger partial charge in [-0.3, -0.25) is 9.59 Å². The molecule has 2 rings (SSSR count). The van der Waals surface area contributed by atoms with E-state index in [4.69, 9.17) is 11.6 Å². The van der Waals surface area contributed by atoms with Gasteiger partial charge >= 0.3 is 0 Å². The fourth-order valence-corrected chi connectivity index (χ4v) is 2.49. The van der Waals surface area contributed by atoms with Gasteiger partial charge in [-0.15, -0.1) is 0 Å². The third-order valence-electron chi connectivity index (χ3n) is 3.48. The van der Waals surface area contributed by atoms with E-state index in [0.717, 1.165) is 12.1 Å². The summed E-state index contributed by atoms with van der Waals surface area (Å²) in [6, 6.07) is 9.43. The molecule has 2 N–H and O–H groups in total. The second-order valence-electron chi connectivity index (χ2n) is 5.57. The zero-order chi connectivity index (χ0) is 18.4. The molecule has 132 valence electrons. The van der Waals surface area contributed by atoms with Gasteiger partial charge in [0.2, 0.25) is 5.91 Å². The molecule has 0 radical (unpaired) electrons. The summed E-state index contributed by atoms with van der Waals surface area (Å²) in [5.41, 5.74) is 0.250. The number of carbonyl (C=O) groups is 2. The molecule has 2 amide bonds. The number of rotatable bonds is 6. The number of nitrogens with one attached hydrogen (secondary N) is 2. The summed E-state index contributed by atoms with van der Waals surface area (Å²) in [4.78, 5) is 23.8. The van der Waals surface area contributed by atoms with Gasteiger partial charge in [-0.2, -0.15) is 0 Å². The van der Waals surface area contributed by atoms with E-state index in [1.165, 1.54) is 12.1 Å². The minimum absolute atomic E-state index is 0.00643. The van der Waals surface area contributed by atoms with Crippen LogP contribution >= 0.6 is 11.6 Å². The molecule has 2 aromatic rings. The van der Waals surface area contributed by atoms with Crippen molar-refractivity contribution in [2.24, 2.45) is 0 Å². The quantitative estimate of drug-likeness (QED) is 0.825. The highest BCUT2D eigenvalue weighted by molar-refractivity contribution is 6.30. The molecule has 0 aliphatic heterocycles. The van der Waals surface area contributed by atoms with Gasteiger partial charge in [-0.05, 0) is 43.7 Å². The number of amides is 2. The zero-order valence-corrected chi connectivity index (χ0v) is 14.2. The predicted octanol–water partition coefficient (Wildman–Crippen LogP) is 3.10. The minimum atomic E-state index is -0.657. The normalized spacial score (nSPS) is 11.7. The molecular weight excluding hydrogens is 350 g/mol. The highest BCUT2D eigenvalue weighted by atomic mass is 35.5. The first kappa shape index (κ1) is 18.9. The van der Waals surface area contributed by atoms with Crippen LogP contribution in [0, 0.1) is 11.6 Å². The topological polar surface area (TPSA) is 58.2 Å². The van der Waals surface area contributed by atoms with Crippen LogP contribution in [0.4, 0.5) is 8.78 Å². The number of carbonyl (C=O) groups excluding carboxylic acids is 2. The molecule has 0 heterocycles. The molecule has 0 fully saturated rings. The second kappa shape index (κ2) is 8.58. The smallest absolute Gasteiger partial charge is 0.251 e. The average molecular weight is 367 g/mol. The van der Waals surface area contributed by atoms with Crippen molar-refractivity contribution < 1.29 is 18.4 Å². The molecule has 0 bridgehead atoms. The lowest BCUT2D eigenvalue weighted by molar-refractivity contribution is -0.120. The van der Waals surface area contributed by atoms with E-state index in [-0.39, 0.29) is 18.5 Å². The van der Waals surface area contributed by atoms with Crippen molar-refractivity contribution in [1.82, 2.24) is 10.6 Å². The maximum absolute atomic E-state index is 13.6. The monoisotopic (exact) mass is 366 g/mol. The van der Waals surface area contributed by atoms with Crippen LogP contribution in [0.1, 0.15) is 22.8 Å². The Hall–Kier alpha value is -2.47. The van der Waals surface area contributed by atoms with Crippen molar-refractivity contribution in [1.29, 1.82) is 0 Å². The minimum Gasteiger partial charge on any atom is -0.352 e. The molecular formula is C18H17ClF2N2O2. The highest BCUT2D eigenvalue weighted by Crippen LogP contribution is 2.14. The summed E-state index contributed by atoms with van der Waals surface area (Å²) >= 11 is 5.80. The Labute approximate surface area is 149 Å². The summed E-state index contributed by atoms with van der Waals surface area (Å²) in [6.07, 6.45) is 0.00643. The third kappa shape index (κ3) is 5.53. The maximum atomic E-state index is 13.6. The fraction of sp³-hybridized carbons (Fsp3) is 0.222. The fourth-order valence-electron chi connectivity index (χ4n) is 2.30. The van der Waals surface area contributed by atoms with Crippen molar-refractivity contribution in [3.05, 3.63) is 70.2 Å². The molecule has 1 atom stereocenters. The summed E-state index contributed by atoms with van der Waals surface area (Å²) < 4.78 is 27.2. The predicted molar refractivity (Wildman–Crippen MR) is 91.5 cm³/mol. The maximum Gasteiger partial charge on any atom is 0.251 e. The molecule has 2 aromatic carbocycles. The number of hydrogen-bond donors (Lipinski definition) is 2. The van der Waals surface area contributed by atoms with E-state index in [1.54, 1.807) is 25.1 Å². The van der Waals surface area contributed by atoms with Crippen LogP contribution in [0.5, 0.6) is 0 Å². The lowest BCUT2D eigenvalue weighted by atomic mass is 10.1. The molecule has 4 nitrogen and oxygen atoms in total. The lowest BCUT2D eigenvalue weighted by Crippen LogP contribution is -2.41. The van der Waals surface area contributed by atoms with Crippen molar-refractivity contribution >= 4 is 23.4 Å². The van der Waals surface area contributed by atoms with Crippen molar-refractivity contribution in [3.63, 3.8) is 0 Å². The third-order valence-corrected chi connectivity index (χ3v) is 3.71. The van der Waals surface area contributed by atoms with Gasteiger partial charge in [-0.25, -0.2) is 8.78 Å². The molecule has 25 heavy (non-hydrogen) atoms. The Bertz CT molecular complexity index is 763. The highest BCUT2D eigenvalue weighted by Gasteiger charge is 2.15. The van der Waals surface area contributed by atoms with Gasteiger partial charge < -0.3 is 10.6 Å². The van der Waals surface area contributed by atoms with Crippen molar-refractivity contribution in [2.45, 2.75) is 19.4 Å². The Morgan fingerprint density at radius 2 is 1.76 bits per heavy atom. The van der Waals surface area contributed by atoms with Crippen molar-refractivity contribution in [2.75, 3.05) is 6.54 Å². The van der Waals surface area contributed by atoms with Crippen molar-refractivity contribution in [3.8, 4) is 0 Å². The largest absolute Gasteiger partial charge is 0.352 e. The summed E-state index contributed by atoms with van der Waals surface area (Å²) in [5, 5.41) is 5.46. The zero-order valence-electron chi connectivity index (χ0n) is 13.5. The van der Waals surface area contributed by atoms with Gasteiger partial charge in [-0.1, -0.05) is 23.7 Å². The molecule has 0 spiro atoms.